The van der Waals surface area contributed by atoms with Crippen molar-refractivity contribution < 1.29 is 4.79 Å². The van der Waals surface area contributed by atoms with Crippen LogP contribution in [0.25, 0.3) is 0 Å². The molecule has 0 heterocycles. The summed E-state index contributed by atoms with van der Waals surface area (Å²) in [6.45, 7) is 1.15. The van der Waals surface area contributed by atoms with E-state index in [-0.39, 0.29) is 5.91 Å². The molecule has 0 saturated carbocycles. The van der Waals surface area contributed by atoms with Crippen molar-refractivity contribution >= 4 is 23.0 Å². The molecule has 2 aromatic rings. The van der Waals surface area contributed by atoms with Crippen molar-refractivity contribution in [1.82, 2.24) is 5.32 Å². The Labute approximate surface area is 142 Å². The molecular formula is C18H23N5O. The zero-order chi connectivity index (χ0) is 17.4. The number of nitrogens with two attached hydrogens (primary N) is 1. The van der Waals surface area contributed by atoms with Gasteiger partial charge in [0.25, 0.3) is 5.91 Å². The zero-order valence-electron chi connectivity index (χ0n) is 14.1. The second-order valence-corrected chi connectivity index (χ2v) is 5.56. The summed E-state index contributed by atoms with van der Waals surface area (Å²) in [6.07, 6.45) is 0.769. The first-order valence-electron chi connectivity index (χ1n) is 7.87. The molecule has 6 heteroatoms. The topological polar surface area (TPSA) is 83.1 Å². The van der Waals surface area contributed by atoms with E-state index < -0.39 is 0 Å². The number of carbonyl (C=O) groups is 1. The maximum atomic E-state index is 11.9. The van der Waals surface area contributed by atoms with Crippen LogP contribution in [0.15, 0.2) is 58.8 Å². The highest BCUT2D eigenvalue weighted by Crippen LogP contribution is 2.21. The Kier molecular flexibility index (Phi) is 6.45. The van der Waals surface area contributed by atoms with Crippen LogP contribution >= 0.6 is 0 Å². The van der Waals surface area contributed by atoms with E-state index in [0.717, 1.165) is 17.8 Å². The molecule has 24 heavy (non-hydrogen) atoms. The second-order valence-electron chi connectivity index (χ2n) is 5.56. The van der Waals surface area contributed by atoms with Gasteiger partial charge in [-0.25, -0.2) is 0 Å². The fourth-order valence-electron chi connectivity index (χ4n) is 2.02. The van der Waals surface area contributed by atoms with Gasteiger partial charge in [0.05, 0.1) is 11.4 Å². The lowest BCUT2D eigenvalue weighted by Crippen LogP contribution is -2.25. The molecule has 0 aliphatic rings. The summed E-state index contributed by atoms with van der Waals surface area (Å²) >= 11 is 0. The lowest BCUT2D eigenvalue weighted by molar-refractivity contribution is 0.0953. The molecule has 1 amide bonds. The van der Waals surface area contributed by atoms with Crippen molar-refractivity contribution in [1.29, 1.82) is 0 Å². The number of nitrogens with zero attached hydrogens (tertiary/aromatic N) is 3. The molecule has 0 radical (unpaired) electrons. The van der Waals surface area contributed by atoms with Gasteiger partial charge in [0, 0.05) is 31.9 Å². The number of hydrogen-bond donors (Lipinski definition) is 2. The molecule has 2 aromatic carbocycles. The minimum atomic E-state index is -0.105. The van der Waals surface area contributed by atoms with E-state index in [9.17, 15) is 4.79 Å². The summed E-state index contributed by atoms with van der Waals surface area (Å²) in [6, 6.07) is 14.8. The first-order chi connectivity index (χ1) is 11.6. The highest BCUT2D eigenvalue weighted by Gasteiger charge is 2.04. The molecule has 0 aromatic heterocycles. The summed E-state index contributed by atoms with van der Waals surface area (Å²) in [5.74, 6) is -0.105. The summed E-state index contributed by atoms with van der Waals surface area (Å²) in [5.41, 5.74) is 8.59. The smallest absolute Gasteiger partial charge is 0.251 e. The van der Waals surface area contributed by atoms with E-state index in [2.05, 4.69) is 15.5 Å². The fourth-order valence-corrected chi connectivity index (χ4v) is 2.02. The van der Waals surface area contributed by atoms with Gasteiger partial charge in [-0.05, 0) is 61.5 Å². The number of anilines is 1. The molecule has 2 rings (SSSR count). The number of carbonyl (C=O) groups excluding carboxylic acids is 1. The van der Waals surface area contributed by atoms with E-state index in [1.807, 2.05) is 43.3 Å². The first-order valence-corrected chi connectivity index (χ1v) is 7.87. The fraction of sp³-hybridized carbons (Fsp3) is 0.278. The number of hydrogen-bond acceptors (Lipinski definition) is 5. The predicted molar refractivity (Wildman–Crippen MR) is 97.4 cm³/mol. The van der Waals surface area contributed by atoms with Crippen molar-refractivity contribution in [2.75, 3.05) is 32.1 Å². The van der Waals surface area contributed by atoms with E-state index in [4.69, 9.17) is 5.73 Å². The lowest BCUT2D eigenvalue weighted by atomic mass is 10.2. The van der Waals surface area contributed by atoms with Crippen LogP contribution in [0, 0.1) is 0 Å². The quantitative estimate of drug-likeness (QED) is 0.605. The minimum absolute atomic E-state index is 0.105. The molecule has 0 unspecified atom stereocenters. The van der Waals surface area contributed by atoms with Crippen LogP contribution in [-0.2, 0) is 0 Å². The van der Waals surface area contributed by atoms with Crippen LogP contribution in [-0.4, -0.2) is 33.1 Å². The Hall–Kier alpha value is -2.73. The Morgan fingerprint density at radius 2 is 1.54 bits per heavy atom. The van der Waals surface area contributed by atoms with Crippen LogP contribution in [0.1, 0.15) is 16.8 Å². The molecule has 0 spiro atoms. The van der Waals surface area contributed by atoms with Crippen LogP contribution in [0.4, 0.5) is 17.1 Å². The van der Waals surface area contributed by atoms with Gasteiger partial charge in [-0.3, -0.25) is 4.79 Å². The highest BCUT2D eigenvalue weighted by molar-refractivity contribution is 5.94. The summed E-state index contributed by atoms with van der Waals surface area (Å²) in [4.78, 5) is 13.9. The lowest BCUT2D eigenvalue weighted by Gasteiger charge is -2.11. The number of nitrogens with one attached hydrogen (secondary N) is 1. The molecule has 6 nitrogen and oxygen atoms in total. The molecule has 0 atom stereocenters. The molecule has 0 aliphatic heterocycles. The number of amides is 1. The molecule has 126 valence electrons. The summed E-state index contributed by atoms with van der Waals surface area (Å²) < 4.78 is 0. The van der Waals surface area contributed by atoms with Gasteiger partial charge in [-0.2, -0.15) is 10.2 Å². The Balaban J connectivity index is 1.96. The Morgan fingerprint density at radius 3 is 2.04 bits per heavy atom. The van der Waals surface area contributed by atoms with Gasteiger partial charge in [0.15, 0.2) is 0 Å². The molecule has 0 saturated heterocycles. The van der Waals surface area contributed by atoms with Crippen molar-refractivity contribution in [3.05, 3.63) is 54.1 Å². The third-order valence-electron chi connectivity index (χ3n) is 3.44. The van der Waals surface area contributed by atoms with Gasteiger partial charge >= 0.3 is 0 Å². The average Bonchev–Trinajstić information content (AvgIpc) is 2.61. The zero-order valence-corrected chi connectivity index (χ0v) is 14.1. The minimum Gasteiger partial charge on any atom is -0.378 e. The Bertz CT molecular complexity index is 678. The van der Waals surface area contributed by atoms with Crippen molar-refractivity contribution in [3.63, 3.8) is 0 Å². The van der Waals surface area contributed by atoms with Crippen LogP contribution < -0.4 is 16.0 Å². The van der Waals surface area contributed by atoms with Gasteiger partial charge in [0.2, 0.25) is 0 Å². The number of azo groups is 1. The highest BCUT2D eigenvalue weighted by atomic mass is 16.1. The largest absolute Gasteiger partial charge is 0.378 e. The maximum Gasteiger partial charge on any atom is 0.251 e. The van der Waals surface area contributed by atoms with Crippen LogP contribution in [0.2, 0.25) is 0 Å². The van der Waals surface area contributed by atoms with E-state index in [1.54, 1.807) is 24.3 Å². The molecule has 3 N–H and O–H groups in total. The van der Waals surface area contributed by atoms with Crippen molar-refractivity contribution in [3.8, 4) is 0 Å². The van der Waals surface area contributed by atoms with Gasteiger partial charge < -0.3 is 16.0 Å². The van der Waals surface area contributed by atoms with Gasteiger partial charge in [-0.1, -0.05) is 0 Å². The molecule has 0 bridgehead atoms. The van der Waals surface area contributed by atoms with E-state index >= 15 is 0 Å². The second kappa shape index (κ2) is 8.79. The van der Waals surface area contributed by atoms with Crippen molar-refractivity contribution in [2.45, 2.75) is 6.42 Å². The molecular weight excluding hydrogens is 302 g/mol. The van der Waals surface area contributed by atoms with Crippen LogP contribution in [0.5, 0.6) is 0 Å². The standard InChI is InChI=1S/C18H23N5O/c1-23(2)17-10-8-16(9-11-17)22-21-15-6-4-14(5-7-15)18(24)20-13-3-12-19/h4-11H,3,12-13,19H2,1-2H3,(H,20,24). The van der Waals surface area contributed by atoms with Crippen LogP contribution in [0.3, 0.4) is 0 Å². The SMILES string of the molecule is CN(C)c1ccc(N=Nc2ccc(C(=O)NCCCN)cc2)cc1. The summed E-state index contributed by atoms with van der Waals surface area (Å²) in [5, 5.41) is 11.2. The van der Waals surface area contributed by atoms with Gasteiger partial charge in [-0.15, -0.1) is 0 Å². The van der Waals surface area contributed by atoms with E-state index in [1.165, 1.54) is 0 Å². The molecule has 0 fully saturated rings. The Morgan fingerprint density at radius 1 is 1.00 bits per heavy atom. The molecule has 0 aliphatic carbocycles. The first kappa shape index (κ1) is 17.6. The third-order valence-corrected chi connectivity index (χ3v) is 3.44. The normalized spacial score (nSPS) is 10.8. The van der Waals surface area contributed by atoms with Crippen molar-refractivity contribution in [2.24, 2.45) is 16.0 Å². The third kappa shape index (κ3) is 5.17. The maximum absolute atomic E-state index is 11.9. The summed E-state index contributed by atoms with van der Waals surface area (Å²) in [7, 11) is 3.98. The number of benzene rings is 2. The van der Waals surface area contributed by atoms with Gasteiger partial charge in [0.1, 0.15) is 0 Å². The monoisotopic (exact) mass is 325 g/mol. The van der Waals surface area contributed by atoms with E-state index in [0.29, 0.717) is 24.3 Å². The average molecular weight is 325 g/mol. The number of rotatable bonds is 7. The predicted octanol–water partition coefficient (Wildman–Crippen LogP) is 3.25.